The van der Waals surface area contributed by atoms with Crippen LogP contribution >= 0.6 is 23.2 Å². The molecule has 1 heterocycles. The summed E-state index contributed by atoms with van der Waals surface area (Å²) in [7, 11) is 0. The molecule has 2 aromatic carbocycles. The average molecular weight is 553 g/mol. The third-order valence-corrected chi connectivity index (χ3v) is 8.14. The van der Waals surface area contributed by atoms with Crippen molar-refractivity contribution in [2.45, 2.75) is 58.3 Å². The van der Waals surface area contributed by atoms with Crippen LogP contribution in [0.2, 0.25) is 10.0 Å². The normalized spacial score (nSPS) is 17.9. The van der Waals surface area contributed by atoms with E-state index in [1.54, 1.807) is 30.3 Å². The predicted molar refractivity (Wildman–Crippen MR) is 149 cm³/mol. The third kappa shape index (κ3) is 4.99. The monoisotopic (exact) mass is 552 g/mol. The Labute approximate surface area is 232 Å². The zero-order chi connectivity index (χ0) is 27.0. The molecule has 0 aromatic heterocycles. The van der Waals surface area contributed by atoms with E-state index in [0.717, 1.165) is 42.6 Å². The first-order valence-corrected chi connectivity index (χ1v) is 13.8. The Bertz CT molecular complexity index is 1350. The van der Waals surface area contributed by atoms with Crippen LogP contribution in [-0.4, -0.2) is 35.5 Å². The molecule has 8 heteroatoms. The quantitative estimate of drug-likeness (QED) is 0.428. The van der Waals surface area contributed by atoms with E-state index in [1.807, 2.05) is 13.0 Å². The number of amides is 1. The van der Waals surface area contributed by atoms with Crippen LogP contribution in [0, 0.1) is 6.92 Å². The van der Waals surface area contributed by atoms with Crippen molar-refractivity contribution in [2.24, 2.45) is 0 Å². The number of hydrogen-bond acceptors (Lipinski definition) is 5. The Kier molecular flexibility index (Phi) is 7.64. The molecule has 1 amide bonds. The third-order valence-electron chi connectivity index (χ3n) is 7.50. The summed E-state index contributed by atoms with van der Waals surface area (Å²) >= 11 is 12.6. The molecule has 5 rings (SSSR count). The van der Waals surface area contributed by atoms with Gasteiger partial charge in [-0.1, -0.05) is 29.3 Å². The highest BCUT2D eigenvalue weighted by atomic mass is 35.5. The first-order chi connectivity index (χ1) is 18.3. The highest BCUT2D eigenvalue weighted by Crippen LogP contribution is 2.51. The van der Waals surface area contributed by atoms with Gasteiger partial charge >= 0.3 is 0 Å². The minimum Gasteiger partial charge on any atom is -0.483 e. The molecule has 1 aliphatic heterocycles. The summed E-state index contributed by atoms with van der Waals surface area (Å²) in [4.78, 5) is 41.7. The number of carbonyl (C=O) groups is 3. The number of ketones is 2. The van der Waals surface area contributed by atoms with Crippen LogP contribution in [0.1, 0.15) is 62.5 Å². The van der Waals surface area contributed by atoms with Gasteiger partial charge in [0.05, 0.1) is 0 Å². The highest BCUT2D eigenvalue weighted by molar-refractivity contribution is 6.31. The van der Waals surface area contributed by atoms with E-state index < -0.39 is 5.92 Å². The molecular formula is C30H30Cl2N2O4. The van der Waals surface area contributed by atoms with Crippen molar-refractivity contribution < 1.29 is 19.1 Å². The number of nitrogens with one attached hydrogen (secondary N) is 1. The van der Waals surface area contributed by atoms with Gasteiger partial charge in [-0.2, -0.15) is 0 Å². The number of benzene rings is 2. The van der Waals surface area contributed by atoms with E-state index >= 15 is 0 Å². The fourth-order valence-electron chi connectivity index (χ4n) is 5.80. The fraction of sp³-hybridized carbons (Fsp3) is 0.367. The highest BCUT2D eigenvalue weighted by Gasteiger charge is 2.43. The molecule has 6 nitrogen and oxygen atoms in total. The van der Waals surface area contributed by atoms with E-state index in [-0.39, 0.29) is 24.1 Å². The summed E-state index contributed by atoms with van der Waals surface area (Å²) in [6.07, 6.45) is 4.05. The maximum atomic E-state index is 13.4. The maximum Gasteiger partial charge on any atom is 0.262 e. The molecule has 1 N–H and O–H groups in total. The number of ether oxygens (including phenoxy) is 1. The van der Waals surface area contributed by atoms with Gasteiger partial charge in [0, 0.05) is 69.1 Å². The number of halogens is 2. The summed E-state index contributed by atoms with van der Waals surface area (Å²) in [6.45, 7) is 4.39. The molecule has 0 bridgehead atoms. The summed E-state index contributed by atoms with van der Waals surface area (Å²) in [5.74, 6) is -0.374. The van der Waals surface area contributed by atoms with Gasteiger partial charge in [-0.25, -0.2) is 0 Å². The van der Waals surface area contributed by atoms with E-state index in [4.69, 9.17) is 27.9 Å². The van der Waals surface area contributed by atoms with E-state index in [1.165, 1.54) is 0 Å². The molecule has 0 unspecified atom stereocenters. The van der Waals surface area contributed by atoms with Crippen LogP contribution < -0.4 is 10.1 Å². The smallest absolute Gasteiger partial charge is 0.262 e. The zero-order valence-corrected chi connectivity index (χ0v) is 23.0. The van der Waals surface area contributed by atoms with E-state index in [0.29, 0.717) is 57.6 Å². The van der Waals surface area contributed by atoms with Crippen LogP contribution in [0.25, 0.3) is 0 Å². The molecule has 0 saturated carbocycles. The van der Waals surface area contributed by atoms with Crippen molar-refractivity contribution in [3.05, 3.63) is 80.1 Å². The van der Waals surface area contributed by atoms with Gasteiger partial charge in [-0.15, -0.1) is 0 Å². The maximum absolute atomic E-state index is 13.4. The molecule has 0 saturated heterocycles. The number of allylic oxidation sites excluding steroid dienone is 4. The van der Waals surface area contributed by atoms with Crippen LogP contribution in [0.5, 0.6) is 5.75 Å². The predicted octanol–water partition coefficient (Wildman–Crippen LogP) is 6.75. The molecular weight excluding hydrogens is 523 g/mol. The van der Waals surface area contributed by atoms with Gasteiger partial charge in [0.1, 0.15) is 5.75 Å². The SMILES string of the molecule is CCN1C2=C(C(=O)CCC2)C(c2cc(Cl)ccc2OCC(=O)Nc2ccc(C)c(Cl)c2)C2=C1CCCC2=O. The van der Waals surface area contributed by atoms with Crippen molar-refractivity contribution in [3.8, 4) is 5.75 Å². The lowest BCUT2D eigenvalue weighted by Crippen LogP contribution is -2.39. The van der Waals surface area contributed by atoms with Crippen molar-refractivity contribution in [1.29, 1.82) is 0 Å². The lowest BCUT2D eigenvalue weighted by atomic mass is 9.70. The number of Topliss-reactive ketones (excluding diaryl/α,β-unsaturated/α-hetero) is 2. The fourth-order valence-corrected chi connectivity index (χ4v) is 6.16. The van der Waals surface area contributed by atoms with Gasteiger partial charge in [-0.3, -0.25) is 14.4 Å². The van der Waals surface area contributed by atoms with Crippen LogP contribution in [0.15, 0.2) is 58.9 Å². The summed E-state index contributed by atoms with van der Waals surface area (Å²) in [5.41, 5.74) is 5.46. The number of anilines is 1. The number of nitrogens with zero attached hydrogens (tertiary/aromatic N) is 1. The molecule has 0 radical (unpaired) electrons. The van der Waals surface area contributed by atoms with E-state index in [2.05, 4.69) is 17.1 Å². The summed E-state index contributed by atoms with van der Waals surface area (Å²) in [5, 5.41) is 3.83. The number of aryl methyl sites for hydroxylation is 1. The molecule has 3 aliphatic rings. The Morgan fingerprint density at radius 2 is 1.63 bits per heavy atom. The Morgan fingerprint density at radius 1 is 0.974 bits per heavy atom. The lowest BCUT2D eigenvalue weighted by Gasteiger charge is -2.43. The average Bonchev–Trinajstić information content (AvgIpc) is 2.89. The molecule has 0 fully saturated rings. The van der Waals surface area contributed by atoms with Crippen LogP contribution in [-0.2, 0) is 14.4 Å². The molecule has 0 spiro atoms. The van der Waals surface area contributed by atoms with Gasteiger partial charge < -0.3 is 15.0 Å². The zero-order valence-electron chi connectivity index (χ0n) is 21.5. The molecule has 2 aliphatic carbocycles. The van der Waals surface area contributed by atoms with Crippen molar-refractivity contribution in [3.63, 3.8) is 0 Å². The minimum absolute atomic E-state index is 0.0551. The van der Waals surface area contributed by atoms with Gasteiger partial charge in [-0.05, 0) is 75.4 Å². The van der Waals surface area contributed by atoms with Crippen molar-refractivity contribution >= 4 is 46.4 Å². The van der Waals surface area contributed by atoms with Crippen molar-refractivity contribution in [2.75, 3.05) is 18.5 Å². The van der Waals surface area contributed by atoms with Gasteiger partial charge in [0.15, 0.2) is 18.2 Å². The number of carbonyl (C=O) groups excluding carboxylic acids is 3. The number of hydrogen-bond donors (Lipinski definition) is 1. The molecule has 2 aromatic rings. The minimum atomic E-state index is -0.559. The second-order valence-corrected chi connectivity index (χ2v) is 10.8. The second kappa shape index (κ2) is 11.0. The topological polar surface area (TPSA) is 75.7 Å². The molecule has 0 atom stereocenters. The summed E-state index contributed by atoms with van der Waals surface area (Å²) in [6, 6.07) is 10.5. The summed E-state index contributed by atoms with van der Waals surface area (Å²) < 4.78 is 6.03. The van der Waals surface area contributed by atoms with Crippen LogP contribution in [0.4, 0.5) is 5.69 Å². The van der Waals surface area contributed by atoms with Gasteiger partial charge in [0.2, 0.25) is 0 Å². The van der Waals surface area contributed by atoms with Crippen molar-refractivity contribution in [1.82, 2.24) is 4.90 Å². The molecule has 198 valence electrons. The van der Waals surface area contributed by atoms with Crippen LogP contribution in [0.3, 0.4) is 0 Å². The number of rotatable bonds is 6. The first kappa shape index (κ1) is 26.5. The lowest BCUT2D eigenvalue weighted by molar-refractivity contribution is -0.119. The molecule has 38 heavy (non-hydrogen) atoms. The Balaban J connectivity index is 1.51. The standard InChI is InChI=1S/C30H30Cl2N2O4/c1-3-34-22-6-4-8-24(35)29(22)28(30-23(34)7-5-9-25(30)36)20-14-18(31)11-13-26(20)38-16-27(37)33-19-12-10-17(2)21(32)15-19/h10-15,28H,3-9,16H2,1-2H3,(H,33,37). The van der Waals surface area contributed by atoms with Gasteiger partial charge in [0.25, 0.3) is 5.91 Å². The second-order valence-electron chi connectivity index (χ2n) is 9.93. The Morgan fingerprint density at radius 3 is 2.24 bits per heavy atom. The Hall–Kier alpha value is -3.09. The largest absolute Gasteiger partial charge is 0.483 e. The first-order valence-electron chi connectivity index (χ1n) is 13.1. The van der Waals surface area contributed by atoms with E-state index in [9.17, 15) is 14.4 Å².